The Balaban J connectivity index is 1.61. The van der Waals surface area contributed by atoms with Gasteiger partial charge in [-0.1, -0.05) is 60.9 Å². The molecule has 0 saturated heterocycles. The summed E-state index contributed by atoms with van der Waals surface area (Å²) in [7, 11) is 0. The molecule has 0 aliphatic carbocycles. The number of aliphatic hydroxyl groups is 1. The summed E-state index contributed by atoms with van der Waals surface area (Å²) in [5.41, 5.74) is 2.63. The second-order valence-corrected chi connectivity index (χ2v) is 8.75. The van der Waals surface area contributed by atoms with Crippen molar-refractivity contribution in [3.63, 3.8) is 0 Å². The van der Waals surface area contributed by atoms with Crippen molar-refractivity contribution in [1.29, 1.82) is 0 Å². The number of oxime groups is 1. The van der Waals surface area contributed by atoms with E-state index in [2.05, 4.69) is 23.9 Å². The number of nitrogens with zero attached hydrogens (tertiary/aromatic N) is 2. The highest BCUT2D eigenvalue weighted by atomic mass is 35.5. The smallest absolute Gasteiger partial charge is 0.145 e. The standard InChI is InChI=1S/C24H30ClFN2O3/c1-17(2)15-30-16-21(29)13-28(12-19-5-3-4-6-23(19)25)14-22-11-24(27-31-22)18-7-9-20(26)10-8-18/h3-10,17,21-22,29H,11-16H2,1-2H3/t21-,22+/m1/s1. The van der Waals surface area contributed by atoms with Crippen LogP contribution < -0.4 is 0 Å². The first-order valence-electron chi connectivity index (χ1n) is 10.6. The van der Waals surface area contributed by atoms with Crippen molar-refractivity contribution in [3.05, 3.63) is 70.5 Å². The Labute approximate surface area is 188 Å². The van der Waals surface area contributed by atoms with E-state index in [1.165, 1.54) is 12.1 Å². The predicted octanol–water partition coefficient (Wildman–Crippen LogP) is 4.51. The Morgan fingerprint density at radius 2 is 1.94 bits per heavy atom. The van der Waals surface area contributed by atoms with Gasteiger partial charge in [0.2, 0.25) is 0 Å². The highest BCUT2D eigenvalue weighted by Gasteiger charge is 2.26. The summed E-state index contributed by atoms with van der Waals surface area (Å²) < 4.78 is 18.8. The summed E-state index contributed by atoms with van der Waals surface area (Å²) in [5.74, 6) is 0.139. The summed E-state index contributed by atoms with van der Waals surface area (Å²) in [4.78, 5) is 7.76. The fourth-order valence-corrected chi connectivity index (χ4v) is 3.68. The van der Waals surface area contributed by atoms with E-state index < -0.39 is 6.10 Å². The first-order valence-corrected chi connectivity index (χ1v) is 11.0. The highest BCUT2D eigenvalue weighted by molar-refractivity contribution is 6.31. The highest BCUT2D eigenvalue weighted by Crippen LogP contribution is 2.21. The van der Waals surface area contributed by atoms with Crippen LogP contribution in [0.1, 0.15) is 31.4 Å². The molecule has 5 nitrogen and oxygen atoms in total. The lowest BCUT2D eigenvalue weighted by Gasteiger charge is -2.27. The lowest BCUT2D eigenvalue weighted by molar-refractivity contribution is -0.00734. The minimum Gasteiger partial charge on any atom is -0.390 e. The number of ether oxygens (including phenoxy) is 1. The van der Waals surface area contributed by atoms with E-state index in [1.54, 1.807) is 12.1 Å². The lowest BCUT2D eigenvalue weighted by Crippen LogP contribution is -2.39. The first kappa shape index (κ1) is 23.7. The van der Waals surface area contributed by atoms with Crippen molar-refractivity contribution in [3.8, 4) is 0 Å². The molecule has 1 N–H and O–H groups in total. The number of hydrogen-bond donors (Lipinski definition) is 1. The maximum atomic E-state index is 13.2. The Bertz CT molecular complexity index is 860. The molecule has 7 heteroatoms. The van der Waals surface area contributed by atoms with Gasteiger partial charge >= 0.3 is 0 Å². The molecule has 0 unspecified atom stereocenters. The molecule has 0 saturated carbocycles. The zero-order valence-corrected chi connectivity index (χ0v) is 18.8. The van der Waals surface area contributed by atoms with E-state index in [1.807, 2.05) is 24.3 Å². The zero-order valence-electron chi connectivity index (χ0n) is 18.0. The Hall–Kier alpha value is -1.99. The van der Waals surface area contributed by atoms with Gasteiger partial charge in [0.15, 0.2) is 0 Å². The molecule has 0 spiro atoms. The second-order valence-electron chi connectivity index (χ2n) is 8.35. The molecule has 2 atom stereocenters. The van der Waals surface area contributed by atoms with Gasteiger partial charge in [0.25, 0.3) is 0 Å². The number of halogens is 2. The van der Waals surface area contributed by atoms with E-state index in [0.717, 1.165) is 16.8 Å². The van der Waals surface area contributed by atoms with Gasteiger partial charge in [0.05, 0.1) is 18.4 Å². The number of benzene rings is 2. The third-order valence-electron chi connectivity index (χ3n) is 4.95. The summed E-state index contributed by atoms with van der Waals surface area (Å²) in [6.07, 6.45) is -0.170. The Morgan fingerprint density at radius 1 is 1.19 bits per heavy atom. The van der Waals surface area contributed by atoms with Crippen molar-refractivity contribution >= 4 is 17.3 Å². The largest absolute Gasteiger partial charge is 0.390 e. The van der Waals surface area contributed by atoms with Crippen molar-refractivity contribution in [1.82, 2.24) is 4.90 Å². The van der Waals surface area contributed by atoms with Crippen molar-refractivity contribution in [2.45, 2.75) is 39.0 Å². The maximum absolute atomic E-state index is 13.2. The minimum atomic E-state index is -0.625. The molecule has 2 aromatic rings. The molecule has 168 valence electrons. The molecule has 2 aromatic carbocycles. The van der Waals surface area contributed by atoms with Gasteiger partial charge in [-0.25, -0.2) is 4.39 Å². The average Bonchev–Trinajstić information content (AvgIpc) is 3.18. The third kappa shape index (κ3) is 7.58. The molecule has 1 aliphatic rings. The quantitative estimate of drug-likeness (QED) is 0.549. The summed E-state index contributed by atoms with van der Waals surface area (Å²) in [6, 6.07) is 13.9. The summed E-state index contributed by atoms with van der Waals surface area (Å²) in [5, 5.41) is 15.4. The average molecular weight is 449 g/mol. The number of hydrogen-bond acceptors (Lipinski definition) is 5. The fourth-order valence-electron chi connectivity index (χ4n) is 3.49. The van der Waals surface area contributed by atoms with Crippen LogP contribution in [0.3, 0.4) is 0 Å². The molecule has 0 aromatic heterocycles. The van der Waals surface area contributed by atoms with Crippen LogP contribution in [-0.4, -0.2) is 54.2 Å². The summed E-state index contributed by atoms with van der Waals surface area (Å²) >= 11 is 6.36. The Morgan fingerprint density at radius 3 is 2.65 bits per heavy atom. The fraction of sp³-hybridized carbons (Fsp3) is 0.458. The van der Waals surface area contributed by atoms with Gasteiger partial charge in [0, 0.05) is 37.7 Å². The van der Waals surface area contributed by atoms with Crippen molar-refractivity contribution in [2.24, 2.45) is 11.1 Å². The van der Waals surface area contributed by atoms with Crippen LogP contribution in [0.15, 0.2) is 53.7 Å². The lowest BCUT2D eigenvalue weighted by atomic mass is 10.0. The molecule has 31 heavy (non-hydrogen) atoms. The van der Waals surface area contributed by atoms with Gasteiger partial charge in [-0.15, -0.1) is 0 Å². The van der Waals surface area contributed by atoms with Gasteiger partial charge in [-0.2, -0.15) is 0 Å². The molecule has 0 amide bonds. The van der Waals surface area contributed by atoms with Crippen LogP contribution in [0.2, 0.25) is 5.02 Å². The molecule has 0 radical (unpaired) electrons. The van der Waals surface area contributed by atoms with Crippen molar-refractivity contribution in [2.75, 3.05) is 26.3 Å². The van der Waals surface area contributed by atoms with Crippen LogP contribution in [0.25, 0.3) is 0 Å². The van der Waals surface area contributed by atoms with Crippen molar-refractivity contribution < 1.29 is 19.1 Å². The van der Waals surface area contributed by atoms with Crippen LogP contribution in [0, 0.1) is 11.7 Å². The van der Waals surface area contributed by atoms with Gasteiger partial charge in [0.1, 0.15) is 11.9 Å². The van der Waals surface area contributed by atoms with Crippen LogP contribution >= 0.6 is 11.6 Å². The molecular formula is C24H30ClFN2O3. The monoisotopic (exact) mass is 448 g/mol. The van der Waals surface area contributed by atoms with Crippen LogP contribution in [-0.2, 0) is 16.1 Å². The number of rotatable bonds is 11. The first-order chi connectivity index (χ1) is 14.9. The van der Waals surface area contributed by atoms with Gasteiger partial charge in [-0.3, -0.25) is 4.90 Å². The van der Waals surface area contributed by atoms with Gasteiger partial charge < -0.3 is 14.7 Å². The zero-order chi connectivity index (χ0) is 22.2. The van der Waals surface area contributed by atoms with Gasteiger partial charge in [-0.05, 0) is 35.2 Å². The molecule has 0 fully saturated rings. The SMILES string of the molecule is CC(C)COC[C@H](O)CN(Cc1ccccc1Cl)C[C@@H]1CC(c2ccc(F)cc2)=NO1. The molecule has 3 rings (SSSR count). The second kappa shape index (κ2) is 11.6. The molecule has 0 bridgehead atoms. The number of aliphatic hydroxyl groups excluding tert-OH is 1. The molecule has 1 aliphatic heterocycles. The van der Waals surface area contributed by atoms with E-state index >= 15 is 0 Å². The third-order valence-corrected chi connectivity index (χ3v) is 5.32. The molecular weight excluding hydrogens is 419 g/mol. The molecule has 1 heterocycles. The van der Waals surface area contributed by atoms with Crippen LogP contribution in [0.5, 0.6) is 0 Å². The topological polar surface area (TPSA) is 54.3 Å². The normalized spacial score (nSPS) is 17.1. The van der Waals surface area contributed by atoms with E-state index in [-0.39, 0.29) is 18.5 Å². The van der Waals surface area contributed by atoms with E-state index in [4.69, 9.17) is 21.2 Å². The van der Waals surface area contributed by atoms with E-state index in [9.17, 15) is 9.50 Å². The summed E-state index contributed by atoms with van der Waals surface area (Å²) in [6.45, 7) is 6.61. The van der Waals surface area contributed by atoms with Crippen LogP contribution in [0.4, 0.5) is 4.39 Å². The maximum Gasteiger partial charge on any atom is 0.145 e. The predicted molar refractivity (Wildman–Crippen MR) is 121 cm³/mol. The Kier molecular flexibility index (Phi) is 8.84. The minimum absolute atomic E-state index is 0.161. The van der Waals surface area contributed by atoms with E-state index in [0.29, 0.717) is 43.6 Å².